The third kappa shape index (κ3) is 5.53. The van der Waals surface area contributed by atoms with Crippen LogP contribution in [0.3, 0.4) is 0 Å². The summed E-state index contributed by atoms with van der Waals surface area (Å²) in [5.74, 6) is 0.575. The molecular formula is C21H32O2S2. The lowest BCUT2D eigenvalue weighted by atomic mass is 10.1. The van der Waals surface area contributed by atoms with E-state index in [2.05, 4.69) is 26.0 Å². The first-order chi connectivity index (χ1) is 12.3. The first-order valence-electron chi connectivity index (χ1n) is 10.1. The summed E-state index contributed by atoms with van der Waals surface area (Å²) < 4.78 is 13.4. The average molecular weight is 381 g/mol. The molecule has 1 aliphatic heterocycles. The van der Waals surface area contributed by atoms with E-state index in [1.807, 2.05) is 22.7 Å². The van der Waals surface area contributed by atoms with Gasteiger partial charge in [0.25, 0.3) is 0 Å². The van der Waals surface area contributed by atoms with Crippen molar-refractivity contribution in [2.24, 2.45) is 5.92 Å². The topological polar surface area (TPSA) is 18.5 Å². The summed E-state index contributed by atoms with van der Waals surface area (Å²) in [6, 6.07) is 4.67. The van der Waals surface area contributed by atoms with Gasteiger partial charge in [-0.1, -0.05) is 52.4 Å². The molecule has 0 amide bonds. The number of aryl methyl sites for hydroxylation is 1. The number of rotatable bonds is 10. The highest BCUT2D eigenvalue weighted by Gasteiger charge is 2.24. The van der Waals surface area contributed by atoms with Gasteiger partial charge in [0.1, 0.15) is 0 Å². The van der Waals surface area contributed by atoms with Crippen LogP contribution in [-0.4, -0.2) is 13.2 Å². The highest BCUT2D eigenvalue weighted by molar-refractivity contribution is 7.38. The molecule has 0 spiro atoms. The smallest absolute Gasteiger partial charge is 0.193 e. The molecule has 0 atom stereocenters. The van der Waals surface area contributed by atoms with Gasteiger partial charge in [0.05, 0.1) is 22.1 Å². The minimum atomic E-state index is -0.139. The van der Waals surface area contributed by atoms with Crippen LogP contribution >= 0.6 is 22.7 Å². The molecule has 2 aromatic rings. The highest BCUT2D eigenvalue weighted by atomic mass is 32.2. The number of ether oxygens (including phenoxy) is 2. The predicted octanol–water partition coefficient (Wildman–Crippen LogP) is 7.33. The van der Waals surface area contributed by atoms with Crippen molar-refractivity contribution in [1.29, 1.82) is 0 Å². The van der Waals surface area contributed by atoms with E-state index in [9.17, 15) is 0 Å². The standard InChI is InChI=1S/C21H32O2S2/c1-3-5-6-7-8-9-11-18-12-17-13-19(25-21(17)24-18)20-22-14-16(10-4-2)15-23-20/h12-13,16,20H,3-11,14-15H2,1-2H3. The van der Waals surface area contributed by atoms with Crippen LogP contribution in [-0.2, 0) is 15.9 Å². The molecule has 0 aromatic carbocycles. The molecule has 1 aliphatic rings. The Morgan fingerprint density at radius 2 is 1.68 bits per heavy atom. The Morgan fingerprint density at radius 3 is 2.40 bits per heavy atom. The monoisotopic (exact) mass is 380 g/mol. The van der Waals surface area contributed by atoms with Gasteiger partial charge in [0.2, 0.25) is 0 Å². The van der Waals surface area contributed by atoms with Crippen LogP contribution < -0.4 is 0 Å². The quantitative estimate of drug-likeness (QED) is 0.402. The summed E-state index contributed by atoms with van der Waals surface area (Å²) in [7, 11) is 0. The molecule has 25 heavy (non-hydrogen) atoms. The molecule has 140 valence electrons. The second kappa shape index (κ2) is 10.1. The Hall–Kier alpha value is -0.420. The zero-order valence-corrected chi connectivity index (χ0v) is 17.4. The van der Waals surface area contributed by atoms with E-state index in [1.54, 1.807) is 0 Å². The maximum Gasteiger partial charge on any atom is 0.193 e. The highest BCUT2D eigenvalue weighted by Crippen LogP contribution is 2.39. The molecule has 0 unspecified atom stereocenters. The second-order valence-electron chi connectivity index (χ2n) is 7.28. The first-order valence-corrected chi connectivity index (χ1v) is 11.7. The summed E-state index contributed by atoms with van der Waals surface area (Å²) in [4.78, 5) is 2.78. The van der Waals surface area contributed by atoms with Crippen molar-refractivity contribution >= 4 is 32.1 Å². The van der Waals surface area contributed by atoms with Crippen LogP contribution in [0, 0.1) is 5.92 Å². The molecule has 3 heterocycles. The van der Waals surface area contributed by atoms with E-state index in [0.29, 0.717) is 5.92 Å². The van der Waals surface area contributed by atoms with Gasteiger partial charge in [0.15, 0.2) is 6.29 Å². The number of hydrogen-bond donors (Lipinski definition) is 0. The van der Waals surface area contributed by atoms with Crippen molar-refractivity contribution in [3.63, 3.8) is 0 Å². The summed E-state index contributed by atoms with van der Waals surface area (Å²) >= 11 is 3.82. The van der Waals surface area contributed by atoms with Gasteiger partial charge in [-0.25, -0.2) is 0 Å². The van der Waals surface area contributed by atoms with Crippen molar-refractivity contribution < 1.29 is 9.47 Å². The van der Waals surface area contributed by atoms with Crippen molar-refractivity contribution in [2.75, 3.05) is 13.2 Å². The number of unbranched alkanes of at least 4 members (excludes halogenated alkanes) is 5. The summed E-state index contributed by atoms with van der Waals surface area (Å²) in [6.45, 7) is 6.18. The SMILES string of the molecule is CCCCCCCCc1cc2cc(C3OCC(CCC)CO3)sc2s1. The van der Waals surface area contributed by atoms with Gasteiger partial charge in [-0.2, -0.15) is 0 Å². The number of fused-ring (bicyclic) bond motifs is 1. The fourth-order valence-electron chi connectivity index (χ4n) is 3.51. The van der Waals surface area contributed by atoms with E-state index in [4.69, 9.17) is 9.47 Å². The van der Waals surface area contributed by atoms with Crippen molar-refractivity contribution in [1.82, 2.24) is 0 Å². The largest absolute Gasteiger partial charge is 0.347 e. The Bertz CT molecular complexity index is 591. The van der Waals surface area contributed by atoms with Gasteiger partial charge >= 0.3 is 0 Å². The van der Waals surface area contributed by atoms with Crippen LogP contribution in [0.2, 0.25) is 0 Å². The molecule has 0 N–H and O–H groups in total. The average Bonchev–Trinajstić information content (AvgIpc) is 3.17. The molecular weight excluding hydrogens is 348 g/mol. The normalized spacial score (nSPS) is 21.2. The fraction of sp³-hybridized carbons (Fsp3) is 0.714. The molecule has 3 rings (SSSR count). The number of hydrogen-bond acceptors (Lipinski definition) is 4. The minimum Gasteiger partial charge on any atom is -0.347 e. The van der Waals surface area contributed by atoms with Crippen molar-refractivity contribution in [2.45, 2.75) is 77.9 Å². The van der Waals surface area contributed by atoms with Crippen LogP contribution in [0.4, 0.5) is 0 Å². The van der Waals surface area contributed by atoms with Gasteiger partial charge in [0, 0.05) is 16.2 Å². The van der Waals surface area contributed by atoms with Crippen LogP contribution in [0.15, 0.2) is 12.1 Å². The molecule has 4 heteroatoms. The van der Waals surface area contributed by atoms with Crippen LogP contribution in [0.5, 0.6) is 0 Å². The van der Waals surface area contributed by atoms with Gasteiger partial charge in [-0.15, -0.1) is 22.7 Å². The third-order valence-electron chi connectivity index (χ3n) is 4.96. The van der Waals surface area contributed by atoms with Crippen LogP contribution in [0.1, 0.15) is 81.3 Å². The Labute approximate surface area is 160 Å². The summed E-state index contributed by atoms with van der Waals surface area (Å²) in [5.41, 5.74) is 0. The number of thiophene rings is 2. The summed E-state index contributed by atoms with van der Waals surface area (Å²) in [5, 5.41) is 1.38. The Morgan fingerprint density at radius 1 is 0.920 bits per heavy atom. The fourth-order valence-corrected chi connectivity index (χ4v) is 6.06. The Balaban J connectivity index is 1.47. The first kappa shape index (κ1) is 19.3. The minimum absolute atomic E-state index is 0.139. The molecule has 0 aliphatic carbocycles. The zero-order chi connectivity index (χ0) is 17.5. The molecule has 0 bridgehead atoms. The van der Waals surface area contributed by atoms with Crippen molar-refractivity contribution in [3.8, 4) is 0 Å². The maximum atomic E-state index is 5.96. The van der Waals surface area contributed by atoms with E-state index < -0.39 is 0 Å². The second-order valence-corrected chi connectivity index (χ2v) is 9.75. The van der Waals surface area contributed by atoms with Gasteiger partial charge < -0.3 is 9.47 Å². The van der Waals surface area contributed by atoms with E-state index in [0.717, 1.165) is 13.2 Å². The molecule has 1 saturated heterocycles. The van der Waals surface area contributed by atoms with Crippen molar-refractivity contribution in [3.05, 3.63) is 21.9 Å². The van der Waals surface area contributed by atoms with E-state index in [-0.39, 0.29) is 6.29 Å². The van der Waals surface area contributed by atoms with E-state index >= 15 is 0 Å². The van der Waals surface area contributed by atoms with Gasteiger partial charge in [-0.05, 0) is 31.4 Å². The molecule has 1 fully saturated rings. The third-order valence-corrected chi connectivity index (χ3v) is 7.43. The lowest BCUT2D eigenvalue weighted by Crippen LogP contribution is -2.26. The zero-order valence-electron chi connectivity index (χ0n) is 15.7. The summed E-state index contributed by atoms with van der Waals surface area (Å²) in [6.07, 6.45) is 11.7. The van der Waals surface area contributed by atoms with Crippen LogP contribution in [0.25, 0.3) is 9.40 Å². The lowest BCUT2D eigenvalue weighted by molar-refractivity contribution is -0.204. The van der Waals surface area contributed by atoms with Gasteiger partial charge in [-0.3, -0.25) is 0 Å². The lowest BCUT2D eigenvalue weighted by Gasteiger charge is -2.28. The Kier molecular flexibility index (Phi) is 7.78. The molecule has 2 aromatic heterocycles. The maximum absolute atomic E-state index is 5.96. The predicted molar refractivity (Wildman–Crippen MR) is 110 cm³/mol. The molecule has 0 saturated carbocycles. The molecule has 2 nitrogen and oxygen atoms in total. The molecule has 0 radical (unpaired) electrons. The van der Waals surface area contributed by atoms with E-state index in [1.165, 1.54) is 76.9 Å².